The molecule has 10 heavy (non-hydrogen) atoms. The van der Waals surface area contributed by atoms with Gasteiger partial charge in [-0.25, -0.2) is 0 Å². The van der Waals surface area contributed by atoms with Crippen molar-refractivity contribution in [2.45, 2.75) is 4.90 Å². The first-order chi connectivity index (χ1) is 4.97. The lowest BCUT2D eigenvalue weighted by Crippen LogP contribution is -1.98. The van der Waals surface area contributed by atoms with Crippen molar-refractivity contribution in [2.24, 2.45) is 0 Å². The van der Waals surface area contributed by atoms with Crippen molar-refractivity contribution in [1.82, 2.24) is 9.71 Å². The second kappa shape index (κ2) is 2.34. The van der Waals surface area contributed by atoms with E-state index in [1.807, 2.05) is 24.4 Å². The van der Waals surface area contributed by atoms with E-state index in [1.165, 1.54) is 4.90 Å². The Morgan fingerprint density at radius 1 is 1.50 bits per heavy atom. The summed E-state index contributed by atoms with van der Waals surface area (Å²) in [7, 11) is 0. The summed E-state index contributed by atoms with van der Waals surface area (Å²) in [5, 5.41) is 0. The zero-order chi connectivity index (χ0) is 6.81. The summed E-state index contributed by atoms with van der Waals surface area (Å²) in [6, 6.07) is 3.98. The van der Waals surface area contributed by atoms with Crippen molar-refractivity contribution in [2.75, 3.05) is 0 Å². The van der Waals surface area contributed by atoms with E-state index in [2.05, 4.69) is 9.71 Å². The average molecular weight is 150 g/mol. The first-order valence-corrected chi connectivity index (χ1v) is 3.82. The van der Waals surface area contributed by atoms with E-state index < -0.39 is 0 Å². The molecule has 1 aliphatic heterocycles. The number of hydrogen-bond acceptors (Lipinski definition) is 3. The molecule has 1 aromatic heterocycles. The SMILES string of the molecule is C1=Cc2ncccc2SN1. The van der Waals surface area contributed by atoms with Crippen LogP contribution in [0.5, 0.6) is 0 Å². The maximum absolute atomic E-state index is 4.17. The van der Waals surface area contributed by atoms with Crippen molar-refractivity contribution < 1.29 is 0 Å². The van der Waals surface area contributed by atoms with E-state index in [0.717, 1.165) is 5.69 Å². The largest absolute Gasteiger partial charge is 0.332 e. The summed E-state index contributed by atoms with van der Waals surface area (Å²) in [5.41, 5.74) is 1.05. The van der Waals surface area contributed by atoms with E-state index >= 15 is 0 Å². The molecule has 3 heteroatoms. The van der Waals surface area contributed by atoms with Gasteiger partial charge in [0.25, 0.3) is 0 Å². The van der Waals surface area contributed by atoms with Crippen LogP contribution in [-0.2, 0) is 0 Å². The normalized spacial score (nSPS) is 14.0. The second-order valence-electron chi connectivity index (χ2n) is 1.94. The van der Waals surface area contributed by atoms with Crippen molar-refractivity contribution in [3.8, 4) is 0 Å². The van der Waals surface area contributed by atoms with Gasteiger partial charge < -0.3 is 4.72 Å². The second-order valence-corrected chi connectivity index (χ2v) is 2.82. The quantitative estimate of drug-likeness (QED) is 0.569. The number of hydrogen-bond donors (Lipinski definition) is 1. The van der Waals surface area contributed by atoms with Crippen LogP contribution in [-0.4, -0.2) is 4.98 Å². The van der Waals surface area contributed by atoms with Crippen LogP contribution in [0.3, 0.4) is 0 Å². The molecule has 2 heterocycles. The molecular formula is C7H6N2S. The smallest absolute Gasteiger partial charge is 0.0797 e. The van der Waals surface area contributed by atoms with E-state index in [4.69, 9.17) is 0 Å². The average Bonchev–Trinajstić information content (AvgIpc) is 2.05. The lowest BCUT2D eigenvalue weighted by molar-refractivity contribution is 1.17. The lowest BCUT2D eigenvalue weighted by atomic mass is 10.3. The fourth-order valence-corrected chi connectivity index (χ4v) is 1.46. The van der Waals surface area contributed by atoms with Gasteiger partial charge in [0.1, 0.15) is 0 Å². The Kier molecular flexibility index (Phi) is 1.36. The van der Waals surface area contributed by atoms with Gasteiger partial charge in [-0.1, -0.05) is 0 Å². The molecule has 0 saturated carbocycles. The third kappa shape index (κ3) is 0.885. The fraction of sp³-hybridized carbons (Fsp3) is 0. The van der Waals surface area contributed by atoms with Crippen molar-refractivity contribution >= 4 is 18.0 Å². The number of fused-ring (bicyclic) bond motifs is 1. The van der Waals surface area contributed by atoms with Gasteiger partial charge in [0.15, 0.2) is 0 Å². The molecule has 0 atom stereocenters. The summed E-state index contributed by atoms with van der Waals surface area (Å²) in [6.07, 6.45) is 5.65. The Bertz CT molecular complexity index is 270. The molecule has 0 unspecified atom stereocenters. The van der Waals surface area contributed by atoms with E-state index in [9.17, 15) is 0 Å². The summed E-state index contributed by atoms with van der Waals surface area (Å²) in [5.74, 6) is 0. The molecule has 0 radical (unpaired) electrons. The van der Waals surface area contributed by atoms with Crippen LogP contribution in [0.1, 0.15) is 5.69 Å². The predicted octanol–water partition coefficient (Wildman–Crippen LogP) is 1.66. The van der Waals surface area contributed by atoms with Crippen LogP contribution < -0.4 is 4.72 Å². The van der Waals surface area contributed by atoms with Crippen LogP contribution in [0.2, 0.25) is 0 Å². The van der Waals surface area contributed by atoms with E-state index in [1.54, 1.807) is 18.1 Å². The van der Waals surface area contributed by atoms with Gasteiger partial charge in [0.2, 0.25) is 0 Å². The Morgan fingerprint density at radius 2 is 2.50 bits per heavy atom. The Hall–Kier alpha value is -0.960. The molecule has 1 aliphatic rings. The molecular weight excluding hydrogens is 144 g/mol. The number of aromatic nitrogens is 1. The molecule has 1 N–H and O–H groups in total. The number of pyridine rings is 1. The zero-order valence-corrected chi connectivity index (χ0v) is 6.06. The van der Waals surface area contributed by atoms with Crippen LogP contribution in [0, 0.1) is 0 Å². The van der Waals surface area contributed by atoms with Crippen LogP contribution in [0.25, 0.3) is 6.08 Å². The molecule has 0 fully saturated rings. The monoisotopic (exact) mass is 150 g/mol. The van der Waals surface area contributed by atoms with Gasteiger partial charge in [-0.3, -0.25) is 4.98 Å². The molecule has 1 aromatic rings. The highest BCUT2D eigenvalue weighted by Gasteiger charge is 2.02. The topological polar surface area (TPSA) is 24.9 Å². The highest BCUT2D eigenvalue weighted by Crippen LogP contribution is 2.21. The highest BCUT2D eigenvalue weighted by atomic mass is 32.2. The summed E-state index contributed by atoms with van der Waals surface area (Å²) < 4.78 is 3.04. The minimum atomic E-state index is 1.05. The zero-order valence-electron chi connectivity index (χ0n) is 5.24. The predicted molar refractivity (Wildman–Crippen MR) is 42.3 cm³/mol. The van der Waals surface area contributed by atoms with Crippen molar-refractivity contribution in [3.63, 3.8) is 0 Å². The van der Waals surface area contributed by atoms with Crippen LogP contribution in [0.15, 0.2) is 29.4 Å². The van der Waals surface area contributed by atoms with Crippen LogP contribution in [0.4, 0.5) is 0 Å². The van der Waals surface area contributed by atoms with Crippen molar-refractivity contribution in [3.05, 3.63) is 30.2 Å². The molecule has 0 amide bonds. The molecule has 0 saturated heterocycles. The maximum Gasteiger partial charge on any atom is 0.0797 e. The molecule has 0 bridgehead atoms. The fourth-order valence-electron chi connectivity index (χ4n) is 0.825. The first-order valence-electron chi connectivity index (χ1n) is 3.01. The standard InChI is InChI=1S/C7H6N2S/c1-2-7-6(8-4-1)3-5-9-10-7/h1-5,9H. The van der Waals surface area contributed by atoms with Gasteiger partial charge in [0, 0.05) is 12.4 Å². The molecule has 0 spiro atoms. The Labute approximate surface area is 63.5 Å². The van der Waals surface area contributed by atoms with Crippen molar-refractivity contribution in [1.29, 1.82) is 0 Å². The minimum absolute atomic E-state index is 1.05. The number of nitrogens with one attached hydrogen (secondary N) is 1. The Balaban J connectivity index is 2.54. The lowest BCUT2D eigenvalue weighted by Gasteiger charge is -2.07. The molecule has 0 aliphatic carbocycles. The third-order valence-corrected chi connectivity index (χ3v) is 2.10. The van der Waals surface area contributed by atoms with Gasteiger partial charge >= 0.3 is 0 Å². The molecule has 0 aromatic carbocycles. The summed E-state index contributed by atoms with van der Waals surface area (Å²) >= 11 is 1.59. The first kappa shape index (κ1) is 5.80. The maximum atomic E-state index is 4.17. The van der Waals surface area contributed by atoms with E-state index in [-0.39, 0.29) is 0 Å². The summed E-state index contributed by atoms with van der Waals surface area (Å²) in [6.45, 7) is 0. The van der Waals surface area contributed by atoms with Gasteiger partial charge in [-0.2, -0.15) is 0 Å². The molecule has 2 rings (SSSR count). The number of rotatable bonds is 0. The van der Waals surface area contributed by atoms with Gasteiger partial charge in [-0.15, -0.1) is 0 Å². The number of nitrogens with zero attached hydrogens (tertiary/aromatic N) is 1. The third-order valence-electron chi connectivity index (χ3n) is 1.28. The molecule has 2 nitrogen and oxygen atoms in total. The molecule has 50 valence electrons. The highest BCUT2D eigenvalue weighted by molar-refractivity contribution is 7.97. The Morgan fingerprint density at radius 3 is 3.40 bits per heavy atom. The van der Waals surface area contributed by atoms with Crippen LogP contribution >= 0.6 is 11.9 Å². The minimum Gasteiger partial charge on any atom is -0.332 e. The van der Waals surface area contributed by atoms with Gasteiger partial charge in [0.05, 0.1) is 10.6 Å². The van der Waals surface area contributed by atoms with Gasteiger partial charge in [-0.05, 0) is 30.2 Å². The van der Waals surface area contributed by atoms with E-state index in [0.29, 0.717) is 0 Å². The summed E-state index contributed by atoms with van der Waals surface area (Å²) in [4.78, 5) is 5.36.